The first-order valence-electron chi connectivity index (χ1n) is 10.0. The topological polar surface area (TPSA) is 69.0 Å². The monoisotopic (exact) mass is 444 g/mol. The third kappa shape index (κ3) is 6.19. The molecule has 32 heavy (non-hydrogen) atoms. The van der Waals surface area contributed by atoms with Crippen molar-refractivity contribution in [3.8, 4) is 17.0 Å². The van der Waals surface area contributed by atoms with Crippen LogP contribution < -0.4 is 10.1 Å². The summed E-state index contributed by atoms with van der Waals surface area (Å²) in [5.41, 5.74) is 1.26. The van der Waals surface area contributed by atoms with Crippen molar-refractivity contribution in [2.75, 3.05) is 13.7 Å². The van der Waals surface area contributed by atoms with Crippen LogP contribution in [-0.2, 0) is 11.3 Å². The normalized spacial score (nSPS) is 11.6. The van der Waals surface area contributed by atoms with Crippen molar-refractivity contribution in [1.82, 2.24) is 20.3 Å². The Kier molecular flexibility index (Phi) is 7.64. The molecule has 3 aromatic rings. The molecule has 1 amide bonds. The number of rotatable bonds is 10. The van der Waals surface area contributed by atoms with Gasteiger partial charge in [-0.25, -0.2) is 4.39 Å². The number of ether oxygens (including phenoxy) is 1. The molecule has 0 aliphatic heterocycles. The van der Waals surface area contributed by atoms with E-state index in [0.29, 0.717) is 48.0 Å². The van der Waals surface area contributed by atoms with E-state index in [1.54, 1.807) is 48.7 Å². The molecule has 0 saturated heterocycles. The molecule has 1 N–H and O–H groups in total. The lowest BCUT2D eigenvalue weighted by Gasteiger charge is -2.12. The number of methoxy groups -OCH3 is 1. The Labute approximate surface area is 183 Å². The molecule has 0 radical (unpaired) electrons. The van der Waals surface area contributed by atoms with Gasteiger partial charge in [0.1, 0.15) is 17.3 Å². The summed E-state index contributed by atoms with van der Waals surface area (Å²) in [6, 6.07) is 13.0. The van der Waals surface area contributed by atoms with Crippen LogP contribution >= 0.6 is 0 Å². The van der Waals surface area contributed by atoms with Gasteiger partial charge in [-0.2, -0.15) is 8.78 Å². The Hall–Kier alpha value is -3.62. The van der Waals surface area contributed by atoms with Gasteiger partial charge in [-0.05, 0) is 36.6 Å². The van der Waals surface area contributed by atoms with Crippen LogP contribution in [0.2, 0.25) is 0 Å². The second-order valence-corrected chi connectivity index (χ2v) is 7.04. The third-order valence-electron chi connectivity index (χ3n) is 4.68. The second kappa shape index (κ2) is 10.6. The Balaban J connectivity index is 1.43. The van der Waals surface area contributed by atoms with Crippen molar-refractivity contribution in [2.45, 2.75) is 25.3 Å². The average Bonchev–Trinajstić information content (AvgIpc) is 3.26. The zero-order chi connectivity index (χ0) is 23.0. The maximum atomic E-state index is 14.1. The SMILES string of the molecule is COc1ccc(-c2cn(CCCCNC(=O)C(F)(F)/C=C/c3ccccc3)nn2)c(F)c1. The van der Waals surface area contributed by atoms with Crippen LogP contribution in [0.5, 0.6) is 5.75 Å². The average molecular weight is 444 g/mol. The fourth-order valence-corrected chi connectivity index (χ4v) is 2.92. The number of hydrogen-bond donors (Lipinski definition) is 1. The van der Waals surface area contributed by atoms with Gasteiger partial charge < -0.3 is 10.1 Å². The molecule has 0 fully saturated rings. The minimum Gasteiger partial charge on any atom is -0.497 e. The molecule has 9 heteroatoms. The predicted molar refractivity (Wildman–Crippen MR) is 115 cm³/mol. The Morgan fingerprint density at radius 1 is 1.19 bits per heavy atom. The van der Waals surface area contributed by atoms with Gasteiger partial charge in [-0.3, -0.25) is 9.48 Å². The van der Waals surface area contributed by atoms with Gasteiger partial charge in [0.2, 0.25) is 0 Å². The molecule has 168 valence electrons. The van der Waals surface area contributed by atoms with Crippen LogP contribution in [0.1, 0.15) is 18.4 Å². The van der Waals surface area contributed by atoms with Crippen LogP contribution in [0.15, 0.2) is 60.8 Å². The number of amides is 1. The largest absolute Gasteiger partial charge is 0.497 e. The zero-order valence-corrected chi connectivity index (χ0v) is 17.5. The Morgan fingerprint density at radius 2 is 1.97 bits per heavy atom. The number of carbonyl (C=O) groups is 1. The molecule has 3 rings (SSSR count). The fraction of sp³-hybridized carbons (Fsp3) is 0.261. The Morgan fingerprint density at radius 3 is 2.69 bits per heavy atom. The van der Waals surface area contributed by atoms with Crippen molar-refractivity contribution in [3.63, 3.8) is 0 Å². The van der Waals surface area contributed by atoms with Crippen LogP contribution in [0.3, 0.4) is 0 Å². The van der Waals surface area contributed by atoms with E-state index in [4.69, 9.17) is 4.74 Å². The number of aromatic nitrogens is 3. The van der Waals surface area contributed by atoms with Crippen LogP contribution in [0.4, 0.5) is 13.2 Å². The minimum atomic E-state index is -3.60. The molecule has 0 saturated carbocycles. The molecule has 0 bridgehead atoms. The highest BCUT2D eigenvalue weighted by molar-refractivity contribution is 5.86. The standard InChI is InChI=1S/C23H23F3N4O2/c1-32-18-9-10-19(20(24)15-18)21-16-30(29-28-21)14-6-5-13-27-22(31)23(25,26)12-11-17-7-3-2-4-8-17/h2-4,7-12,15-16H,5-6,13-14H2,1H3,(H,27,31)/b12-11+. The van der Waals surface area contributed by atoms with Gasteiger partial charge in [0.25, 0.3) is 5.91 Å². The molecule has 2 aromatic carbocycles. The number of unbranched alkanes of at least 4 members (excludes halogenated alkanes) is 1. The summed E-state index contributed by atoms with van der Waals surface area (Å²) in [7, 11) is 1.45. The summed E-state index contributed by atoms with van der Waals surface area (Å²) >= 11 is 0. The molecule has 6 nitrogen and oxygen atoms in total. The van der Waals surface area contributed by atoms with E-state index in [1.165, 1.54) is 23.9 Å². The van der Waals surface area contributed by atoms with Crippen molar-refractivity contribution in [2.24, 2.45) is 0 Å². The first-order valence-corrected chi connectivity index (χ1v) is 10.0. The van der Waals surface area contributed by atoms with Crippen molar-refractivity contribution in [3.05, 3.63) is 72.2 Å². The van der Waals surface area contributed by atoms with Crippen LogP contribution in [0, 0.1) is 5.82 Å². The fourth-order valence-electron chi connectivity index (χ4n) is 2.92. The number of nitrogens with zero attached hydrogens (tertiary/aromatic N) is 3. The molecule has 0 spiro atoms. The van der Waals surface area contributed by atoms with Crippen molar-refractivity contribution < 1.29 is 22.7 Å². The summed E-state index contributed by atoms with van der Waals surface area (Å²) in [5, 5.41) is 10.2. The molecule has 0 atom stereocenters. The number of alkyl halides is 2. The minimum absolute atomic E-state index is 0.0995. The quantitative estimate of drug-likeness (QED) is 0.473. The lowest BCUT2D eigenvalue weighted by molar-refractivity contribution is -0.139. The number of carbonyl (C=O) groups excluding carboxylic acids is 1. The van der Waals surface area contributed by atoms with E-state index < -0.39 is 17.6 Å². The lowest BCUT2D eigenvalue weighted by Crippen LogP contribution is -2.39. The van der Waals surface area contributed by atoms with Crippen LogP contribution in [0.25, 0.3) is 17.3 Å². The number of aryl methyl sites for hydroxylation is 1. The maximum absolute atomic E-state index is 14.1. The number of benzene rings is 2. The highest BCUT2D eigenvalue weighted by atomic mass is 19.3. The molecule has 0 aliphatic carbocycles. The van der Waals surface area contributed by atoms with E-state index in [9.17, 15) is 18.0 Å². The van der Waals surface area contributed by atoms with E-state index in [-0.39, 0.29) is 6.54 Å². The first kappa shape index (κ1) is 23.1. The molecular weight excluding hydrogens is 421 g/mol. The van der Waals surface area contributed by atoms with Crippen molar-refractivity contribution in [1.29, 1.82) is 0 Å². The summed E-state index contributed by atoms with van der Waals surface area (Å²) in [4.78, 5) is 11.8. The highest BCUT2D eigenvalue weighted by Gasteiger charge is 2.35. The Bertz CT molecular complexity index is 1070. The summed E-state index contributed by atoms with van der Waals surface area (Å²) in [5.74, 6) is -5.01. The van der Waals surface area contributed by atoms with Crippen molar-refractivity contribution >= 4 is 12.0 Å². The first-order chi connectivity index (χ1) is 15.4. The lowest BCUT2D eigenvalue weighted by atomic mass is 10.1. The van der Waals surface area contributed by atoms with Gasteiger partial charge in [0, 0.05) is 24.7 Å². The van der Waals surface area contributed by atoms with E-state index >= 15 is 0 Å². The number of nitrogens with one attached hydrogen (secondary N) is 1. The zero-order valence-electron chi connectivity index (χ0n) is 17.5. The van der Waals surface area contributed by atoms with Gasteiger partial charge in [0.15, 0.2) is 0 Å². The van der Waals surface area contributed by atoms with Gasteiger partial charge in [-0.1, -0.05) is 41.6 Å². The summed E-state index contributed by atoms with van der Waals surface area (Å²) < 4.78 is 48.6. The van der Waals surface area contributed by atoms with Crippen LogP contribution in [-0.4, -0.2) is 40.5 Å². The summed E-state index contributed by atoms with van der Waals surface area (Å²) in [6.45, 7) is 0.549. The van der Waals surface area contributed by atoms with E-state index in [0.717, 1.165) is 0 Å². The van der Waals surface area contributed by atoms with E-state index in [2.05, 4.69) is 15.6 Å². The third-order valence-corrected chi connectivity index (χ3v) is 4.68. The molecule has 0 unspecified atom stereocenters. The molecule has 1 aromatic heterocycles. The maximum Gasteiger partial charge on any atom is 0.343 e. The van der Waals surface area contributed by atoms with E-state index in [1.807, 2.05) is 0 Å². The smallest absolute Gasteiger partial charge is 0.343 e. The second-order valence-electron chi connectivity index (χ2n) is 7.04. The number of hydrogen-bond acceptors (Lipinski definition) is 4. The molecule has 1 heterocycles. The summed E-state index contributed by atoms with van der Waals surface area (Å²) in [6.07, 6.45) is 4.45. The molecular formula is C23H23F3N4O2. The van der Waals surface area contributed by atoms with Gasteiger partial charge >= 0.3 is 5.92 Å². The molecule has 0 aliphatic rings. The number of halogens is 3. The van der Waals surface area contributed by atoms with Gasteiger partial charge in [0.05, 0.1) is 13.3 Å². The highest BCUT2D eigenvalue weighted by Crippen LogP contribution is 2.24. The predicted octanol–water partition coefficient (Wildman–Crippen LogP) is 4.34. The van der Waals surface area contributed by atoms with Gasteiger partial charge in [-0.15, -0.1) is 5.10 Å².